The molecule has 0 aliphatic heterocycles. The topological polar surface area (TPSA) is 21.3 Å². The lowest BCUT2D eigenvalue weighted by molar-refractivity contribution is 0.0145. The fourth-order valence-electron chi connectivity index (χ4n) is 2.01. The van der Waals surface area contributed by atoms with Crippen LogP contribution in [0.15, 0.2) is 12.1 Å². The van der Waals surface area contributed by atoms with Gasteiger partial charge in [-0.1, -0.05) is 17.7 Å². The number of rotatable bonds is 7. The maximum Gasteiger partial charge on any atom is 0.261 e. The number of hydrogen-bond acceptors (Lipinski definition) is 2. The van der Waals surface area contributed by atoms with Crippen LogP contribution in [0.4, 0.5) is 8.78 Å². The quantitative estimate of drug-likeness (QED) is 0.770. The highest BCUT2D eigenvalue weighted by atomic mass is 35.5. The number of halogens is 3. The molecule has 108 valence electrons. The standard InChI is InChI=1S/C14H20ClF2NO/c1-9-7-12(15)10(2)6-11(9)13(18-3)4-5-19-8-14(16)17/h6-7,13-14,18H,4-5,8H2,1-3H3. The predicted octanol–water partition coefficient (Wildman–Crippen LogP) is 3.89. The van der Waals surface area contributed by atoms with Crippen LogP contribution in [0.1, 0.15) is 29.2 Å². The molecule has 0 aromatic heterocycles. The minimum atomic E-state index is -2.41. The van der Waals surface area contributed by atoms with Crippen molar-refractivity contribution in [2.24, 2.45) is 0 Å². The van der Waals surface area contributed by atoms with Gasteiger partial charge in [0.15, 0.2) is 0 Å². The van der Waals surface area contributed by atoms with E-state index in [0.717, 1.165) is 21.7 Å². The average Bonchev–Trinajstić information content (AvgIpc) is 2.34. The SMILES string of the molecule is CNC(CCOCC(F)F)c1cc(C)c(Cl)cc1C. The molecule has 1 aromatic rings. The molecule has 1 N–H and O–H groups in total. The van der Waals surface area contributed by atoms with Crippen LogP contribution >= 0.6 is 11.6 Å². The largest absolute Gasteiger partial charge is 0.375 e. The molecule has 0 aliphatic rings. The Balaban J connectivity index is 2.67. The molecule has 0 fully saturated rings. The highest BCUT2D eigenvalue weighted by Gasteiger charge is 2.14. The predicted molar refractivity (Wildman–Crippen MR) is 74.2 cm³/mol. The summed E-state index contributed by atoms with van der Waals surface area (Å²) >= 11 is 6.07. The summed E-state index contributed by atoms with van der Waals surface area (Å²) in [6.07, 6.45) is -1.77. The van der Waals surface area contributed by atoms with E-state index in [4.69, 9.17) is 16.3 Å². The Bertz CT molecular complexity index is 413. The van der Waals surface area contributed by atoms with Crippen LogP contribution in [0.3, 0.4) is 0 Å². The first-order valence-electron chi connectivity index (χ1n) is 6.25. The van der Waals surface area contributed by atoms with Gasteiger partial charge in [-0.2, -0.15) is 0 Å². The number of hydrogen-bond donors (Lipinski definition) is 1. The van der Waals surface area contributed by atoms with Crippen LogP contribution in [-0.2, 0) is 4.74 Å². The summed E-state index contributed by atoms with van der Waals surface area (Å²) in [6.45, 7) is 3.74. The second-order valence-electron chi connectivity index (χ2n) is 4.55. The lowest BCUT2D eigenvalue weighted by Crippen LogP contribution is -2.20. The third kappa shape index (κ3) is 5.05. The summed E-state index contributed by atoms with van der Waals surface area (Å²) < 4.78 is 28.9. The minimum Gasteiger partial charge on any atom is -0.375 e. The molecule has 19 heavy (non-hydrogen) atoms. The average molecular weight is 292 g/mol. The zero-order chi connectivity index (χ0) is 14.4. The summed E-state index contributed by atoms with van der Waals surface area (Å²) in [6, 6.07) is 4.04. The van der Waals surface area contributed by atoms with Gasteiger partial charge in [-0.05, 0) is 50.1 Å². The van der Waals surface area contributed by atoms with E-state index in [-0.39, 0.29) is 6.04 Å². The van der Waals surface area contributed by atoms with Gasteiger partial charge in [-0.15, -0.1) is 0 Å². The molecule has 5 heteroatoms. The first-order valence-corrected chi connectivity index (χ1v) is 6.63. The summed E-state index contributed by atoms with van der Waals surface area (Å²) in [7, 11) is 1.85. The van der Waals surface area contributed by atoms with E-state index in [1.54, 1.807) is 0 Å². The second kappa shape index (κ2) is 7.78. The molecule has 0 radical (unpaired) electrons. The third-order valence-corrected chi connectivity index (χ3v) is 3.47. The summed E-state index contributed by atoms with van der Waals surface area (Å²) in [4.78, 5) is 0. The second-order valence-corrected chi connectivity index (χ2v) is 4.96. The van der Waals surface area contributed by atoms with Crippen molar-refractivity contribution in [3.63, 3.8) is 0 Å². The van der Waals surface area contributed by atoms with Crippen molar-refractivity contribution in [1.29, 1.82) is 0 Å². The minimum absolute atomic E-state index is 0.0774. The molecule has 0 saturated carbocycles. The van der Waals surface area contributed by atoms with Crippen molar-refractivity contribution < 1.29 is 13.5 Å². The molecule has 0 heterocycles. The van der Waals surface area contributed by atoms with E-state index in [1.165, 1.54) is 0 Å². The van der Waals surface area contributed by atoms with Gasteiger partial charge in [-0.3, -0.25) is 0 Å². The van der Waals surface area contributed by atoms with Gasteiger partial charge in [0.05, 0.1) is 0 Å². The monoisotopic (exact) mass is 291 g/mol. The lowest BCUT2D eigenvalue weighted by atomic mass is 9.97. The Morgan fingerprint density at radius 2 is 1.95 bits per heavy atom. The van der Waals surface area contributed by atoms with Crippen LogP contribution in [0, 0.1) is 13.8 Å². The van der Waals surface area contributed by atoms with E-state index in [9.17, 15) is 8.78 Å². The van der Waals surface area contributed by atoms with Gasteiger partial charge >= 0.3 is 0 Å². The highest BCUT2D eigenvalue weighted by Crippen LogP contribution is 2.26. The molecule has 2 nitrogen and oxygen atoms in total. The third-order valence-electron chi connectivity index (χ3n) is 3.07. The van der Waals surface area contributed by atoms with Gasteiger partial charge in [0.1, 0.15) is 6.61 Å². The smallest absolute Gasteiger partial charge is 0.261 e. The van der Waals surface area contributed by atoms with E-state index in [0.29, 0.717) is 13.0 Å². The van der Waals surface area contributed by atoms with Gasteiger partial charge in [0, 0.05) is 17.7 Å². The molecule has 1 atom stereocenters. The summed E-state index contributed by atoms with van der Waals surface area (Å²) in [5.74, 6) is 0. The molecular formula is C14H20ClF2NO. The van der Waals surface area contributed by atoms with Crippen molar-refractivity contribution in [2.45, 2.75) is 32.7 Å². The Labute approximate surface area is 118 Å². The van der Waals surface area contributed by atoms with Gasteiger partial charge in [0.25, 0.3) is 6.43 Å². The molecule has 0 spiro atoms. The van der Waals surface area contributed by atoms with Crippen molar-refractivity contribution in [3.05, 3.63) is 33.8 Å². The zero-order valence-electron chi connectivity index (χ0n) is 11.5. The maximum atomic E-state index is 12.0. The van der Waals surface area contributed by atoms with Crippen LogP contribution in [0.25, 0.3) is 0 Å². The number of nitrogens with one attached hydrogen (secondary N) is 1. The molecule has 1 aromatic carbocycles. The molecule has 0 saturated heterocycles. The van der Waals surface area contributed by atoms with E-state index < -0.39 is 13.0 Å². The first-order chi connectivity index (χ1) is 8.95. The van der Waals surface area contributed by atoms with Crippen molar-refractivity contribution in [2.75, 3.05) is 20.3 Å². The van der Waals surface area contributed by atoms with Gasteiger partial charge in [0.2, 0.25) is 0 Å². The van der Waals surface area contributed by atoms with Crippen molar-refractivity contribution in [3.8, 4) is 0 Å². The van der Waals surface area contributed by atoms with Crippen LogP contribution in [-0.4, -0.2) is 26.7 Å². The Morgan fingerprint density at radius 1 is 1.26 bits per heavy atom. The van der Waals surface area contributed by atoms with Crippen LogP contribution < -0.4 is 5.32 Å². The van der Waals surface area contributed by atoms with Crippen molar-refractivity contribution in [1.82, 2.24) is 5.32 Å². The van der Waals surface area contributed by atoms with Crippen LogP contribution in [0.2, 0.25) is 5.02 Å². The van der Waals surface area contributed by atoms with Gasteiger partial charge in [-0.25, -0.2) is 8.78 Å². The summed E-state index contributed by atoms with van der Waals surface area (Å²) in [5, 5.41) is 3.92. The molecule has 1 unspecified atom stereocenters. The molecule has 1 rings (SSSR count). The van der Waals surface area contributed by atoms with E-state index in [2.05, 4.69) is 5.32 Å². The Kier molecular flexibility index (Phi) is 6.69. The Hall–Kier alpha value is -0.710. The molecule has 0 aliphatic carbocycles. The Morgan fingerprint density at radius 3 is 2.53 bits per heavy atom. The summed E-state index contributed by atoms with van der Waals surface area (Å²) in [5.41, 5.74) is 3.23. The molecule has 0 bridgehead atoms. The fraction of sp³-hybridized carbons (Fsp3) is 0.571. The normalized spacial score (nSPS) is 13.0. The number of aryl methyl sites for hydroxylation is 2. The zero-order valence-corrected chi connectivity index (χ0v) is 12.2. The van der Waals surface area contributed by atoms with Crippen LogP contribution in [0.5, 0.6) is 0 Å². The molecule has 0 amide bonds. The van der Waals surface area contributed by atoms with E-state index >= 15 is 0 Å². The van der Waals surface area contributed by atoms with E-state index in [1.807, 2.05) is 33.0 Å². The fourth-order valence-corrected chi connectivity index (χ4v) is 2.23. The maximum absolute atomic E-state index is 12.0. The lowest BCUT2D eigenvalue weighted by Gasteiger charge is -2.20. The highest BCUT2D eigenvalue weighted by molar-refractivity contribution is 6.31. The molecular weight excluding hydrogens is 272 g/mol. The number of alkyl halides is 2. The van der Waals surface area contributed by atoms with Crippen molar-refractivity contribution >= 4 is 11.6 Å². The first kappa shape index (κ1) is 16.3. The van der Waals surface area contributed by atoms with Gasteiger partial charge < -0.3 is 10.1 Å². The number of ether oxygens (including phenoxy) is 1. The number of benzene rings is 1.